The average molecular weight is 301 g/mol. The minimum absolute atomic E-state index is 0.211. The number of benzene rings is 2. The second-order valence-corrected chi connectivity index (χ2v) is 5.92. The van der Waals surface area contributed by atoms with Crippen LogP contribution in [0.4, 0.5) is 0 Å². The van der Waals surface area contributed by atoms with Crippen molar-refractivity contribution >= 4 is 13.0 Å². The summed E-state index contributed by atoms with van der Waals surface area (Å²) in [6.07, 6.45) is 5.07. The van der Waals surface area contributed by atoms with Crippen molar-refractivity contribution in [2.45, 2.75) is 32.1 Å². The zero-order chi connectivity index (χ0) is 16.1. The largest absolute Gasteiger partial charge is 0.341 e. The predicted octanol–water partition coefficient (Wildman–Crippen LogP) is 3.97. The molecule has 3 aromatic rings. The monoisotopic (exact) mass is 301 g/mol. The number of hydrogen-bond acceptors (Lipinski definition) is 1. The number of hydrogen-bond donors (Lipinski definition) is 0. The summed E-state index contributed by atoms with van der Waals surface area (Å²) in [7, 11) is 2.27. The van der Waals surface area contributed by atoms with E-state index < -0.39 is 0 Å². The molecule has 0 spiro atoms. The maximum atomic E-state index is 4.58. The van der Waals surface area contributed by atoms with Crippen LogP contribution >= 0.6 is 0 Å². The molecule has 3 rings (SSSR count). The Hall–Kier alpha value is -2.29. The van der Waals surface area contributed by atoms with Gasteiger partial charge in [-0.05, 0) is 30.3 Å². The highest BCUT2D eigenvalue weighted by atomic mass is 15.1. The second-order valence-electron chi connectivity index (χ2n) is 5.92. The first kappa shape index (κ1) is 15.6. The molecule has 0 amide bonds. The smallest absolute Gasteiger partial charge is 0.215 e. The molecule has 1 atom stereocenters. The SMILES string of the molecule is CCC(C)n1ccnc1[B]C(c1ccccc1)c1ccccc1. The summed E-state index contributed by atoms with van der Waals surface area (Å²) >= 11 is 0. The third-order valence-electron chi connectivity index (χ3n) is 4.40. The number of aromatic nitrogens is 2. The van der Waals surface area contributed by atoms with Gasteiger partial charge in [-0.2, -0.15) is 0 Å². The molecule has 0 N–H and O–H groups in total. The van der Waals surface area contributed by atoms with Crippen LogP contribution < -0.4 is 5.72 Å². The lowest BCUT2D eigenvalue weighted by molar-refractivity contribution is 0.541. The minimum atomic E-state index is 0.211. The summed E-state index contributed by atoms with van der Waals surface area (Å²) < 4.78 is 2.26. The van der Waals surface area contributed by atoms with Crippen LogP contribution in [0.2, 0.25) is 0 Å². The molecule has 1 unspecified atom stereocenters. The van der Waals surface area contributed by atoms with E-state index in [0.29, 0.717) is 6.04 Å². The van der Waals surface area contributed by atoms with E-state index in [4.69, 9.17) is 0 Å². The fourth-order valence-corrected chi connectivity index (χ4v) is 2.88. The van der Waals surface area contributed by atoms with Crippen LogP contribution in [0.25, 0.3) is 0 Å². The molecule has 0 saturated carbocycles. The van der Waals surface area contributed by atoms with Crippen LogP contribution in [-0.4, -0.2) is 16.8 Å². The molecule has 2 nitrogen and oxygen atoms in total. The molecule has 0 bridgehead atoms. The first-order valence-electron chi connectivity index (χ1n) is 8.27. The number of rotatable bonds is 6. The van der Waals surface area contributed by atoms with Crippen molar-refractivity contribution in [2.24, 2.45) is 0 Å². The van der Waals surface area contributed by atoms with Crippen LogP contribution in [-0.2, 0) is 0 Å². The van der Waals surface area contributed by atoms with Gasteiger partial charge in [0.15, 0.2) is 0 Å². The molecular formula is C20H22BN2. The molecule has 0 saturated heterocycles. The van der Waals surface area contributed by atoms with Gasteiger partial charge in [0.05, 0.1) is 5.72 Å². The normalized spacial score (nSPS) is 12.3. The third-order valence-corrected chi connectivity index (χ3v) is 4.40. The molecule has 0 aliphatic rings. The van der Waals surface area contributed by atoms with Gasteiger partial charge in [-0.15, -0.1) is 0 Å². The van der Waals surface area contributed by atoms with Gasteiger partial charge in [-0.25, -0.2) is 0 Å². The molecule has 0 aliphatic heterocycles. The number of nitrogens with zero attached hydrogens (tertiary/aromatic N) is 2. The van der Waals surface area contributed by atoms with E-state index in [0.717, 1.165) is 12.1 Å². The van der Waals surface area contributed by atoms with Gasteiger partial charge in [-0.3, -0.25) is 4.98 Å². The van der Waals surface area contributed by atoms with E-state index in [1.165, 1.54) is 11.1 Å². The predicted molar refractivity (Wildman–Crippen MR) is 97.3 cm³/mol. The first-order valence-corrected chi connectivity index (χ1v) is 8.27. The first-order chi connectivity index (χ1) is 11.3. The Bertz CT molecular complexity index is 682. The quantitative estimate of drug-likeness (QED) is 0.630. The standard InChI is InChI=1S/C20H22BN2/c1-3-16(2)23-15-14-22-20(23)21-19(17-10-6-4-7-11-17)18-12-8-5-9-13-18/h4-16,19H,3H2,1-2H3. The Labute approximate surface area is 139 Å². The Kier molecular flexibility index (Phi) is 4.97. The fraction of sp³-hybridized carbons (Fsp3) is 0.250. The molecular weight excluding hydrogens is 279 g/mol. The van der Waals surface area contributed by atoms with E-state index in [2.05, 4.69) is 97.5 Å². The van der Waals surface area contributed by atoms with Crippen LogP contribution in [0.1, 0.15) is 43.3 Å². The molecule has 2 aromatic carbocycles. The minimum Gasteiger partial charge on any atom is -0.341 e. The lowest BCUT2D eigenvalue weighted by Crippen LogP contribution is -2.32. The topological polar surface area (TPSA) is 17.8 Å². The Balaban J connectivity index is 1.96. The van der Waals surface area contributed by atoms with Gasteiger partial charge in [0.2, 0.25) is 7.28 Å². The second kappa shape index (κ2) is 7.32. The highest BCUT2D eigenvalue weighted by molar-refractivity contribution is 6.54. The zero-order valence-corrected chi connectivity index (χ0v) is 13.8. The molecule has 3 heteroatoms. The molecule has 23 heavy (non-hydrogen) atoms. The summed E-state index contributed by atoms with van der Waals surface area (Å²) in [4.78, 5) is 4.58. The molecule has 115 valence electrons. The molecule has 1 aromatic heterocycles. The van der Waals surface area contributed by atoms with Crippen LogP contribution in [0, 0.1) is 0 Å². The van der Waals surface area contributed by atoms with Gasteiger partial charge < -0.3 is 4.57 Å². The highest BCUT2D eigenvalue weighted by Crippen LogP contribution is 2.23. The summed E-state index contributed by atoms with van der Waals surface area (Å²) in [6.45, 7) is 4.44. The van der Waals surface area contributed by atoms with E-state index in [9.17, 15) is 0 Å². The maximum Gasteiger partial charge on any atom is 0.215 e. The average Bonchev–Trinajstić information content (AvgIpc) is 3.09. The summed E-state index contributed by atoms with van der Waals surface area (Å²) in [5.74, 6) is 0.211. The van der Waals surface area contributed by atoms with Crippen molar-refractivity contribution in [3.8, 4) is 0 Å². The van der Waals surface area contributed by atoms with E-state index >= 15 is 0 Å². The summed E-state index contributed by atoms with van der Waals surface area (Å²) in [5, 5.41) is 0. The third kappa shape index (κ3) is 3.56. The lowest BCUT2D eigenvalue weighted by atomic mass is 9.58. The van der Waals surface area contributed by atoms with Gasteiger partial charge in [0.25, 0.3) is 0 Å². The van der Waals surface area contributed by atoms with E-state index in [1.54, 1.807) is 0 Å². The molecule has 1 heterocycles. The zero-order valence-electron chi connectivity index (χ0n) is 13.8. The van der Waals surface area contributed by atoms with Crippen molar-refractivity contribution in [3.63, 3.8) is 0 Å². The summed E-state index contributed by atoms with van der Waals surface area (Å²) in [6, 6.07) is 21.7. The molecule has 0 fully saturated rings. The Morgan fingerprint density at radius 2 is 1.52 bits per heavy atom. The fourth-order valence-electron chi connectivity index (χ4n) is 2.88. The van der Waals surface area contributed by atoms with Crippen molar-refractivity contribution in [2.75, 3.05) is 0 Å². The van der Waals surface area contributed by atoms with Crippen LogP contribution in [0.3, 0.4) is 0 Å². The number of imidazole rings is 1. The van der Waals surface area contributed by atoms with Crippen LogP contribution in [0.5, 0.6) is 0 Å². The van der Waals surface area contributed by atoms with Gasteiger partial charge in [0, 0.05) is 18.4 Å². The lowest BCUT2D eigenvalue weighted by Gasteiger charge is -2.20. The van der Waals surface area contributed by atoms with Crippen molar-refractivity contribution < 1.29 is 0 Å². The van der Waals surface area contributed by atoms with Crippen LogP contribution in [0.15, 0.2) is 73.1 Å². The van der Waals surface area contributed by atoms with E-state index in [-0.39, 0.29) is 5.82 Å². The molecule has 0 aliphatic carbocycles. The van der Waals surface area contributed by atoms with Crippen molar-refractivity contribution in [1.29, 1.82) is 0 Å². The van der Waals surface area contributed by atoms with Gasteiger partial charge in [0.1, 0.15) is 0 Å². The van der Waals surface area contributed by atoms with Crippen molar-refractivity contribution in [1.82, 2.24) is 9.55 Å². The van der Waals surface area contributed by atoms with Gasteiger partial charge in [-0.1, -0.05) is 67.6 Å². The highest BCUT2D eigenvalue weighted by Gasteiger charge is 2.20. The molecule has 1 radical (unpaired) electrons. The van der Waals surface area contributed by atoms with Crippen molar-refractivity contribution in [3.05, 3.63) is 84.2 Å². The maximum absolute atomic E-state index is 4.58. The Morgan fingerprint density at radius 1 is 0.957 bits per heavy atom. The van der Waals surface area contributed by atoms with Gasteiger partial charge >= 0.3 is 0 Å². The Morgan fingerprint density at radius 3 is 2.04 bits per heavy atom. The van der Waals surface area contributed by atoms with E-state index in [1.807, 2.05) is 6.20 Å². The summed E-state index contributed by atoms with van der Waals surface area (Å²) in [5.41, 5.74) is 3.62.